The number of halogens is 1. The molecule has 2 aromatic rings. The Hall–Kier alpha value is -3.65. The first kappa shape index (κ1) is 24.5. The predicted octanol–water partition coefficient (Wildman–Crippen LogP) is 4.68. The van der Waals surface area contributed by atoms with Gasteiger partial charge in [0.2, 0.25) is 0 Å². The molecular weight excluding hydrogens is 470 g/mol. The molecule has 2 N–H and O–H groups in total. The second-order valence-corrected chi connectivity index (χ2v) is 8.80. The number of carbonyl (C=O) groups excluding carboxylic acids is 4. The lowest BCUT2D eigenvalue weighted by atomic mass is 9.94. The molecule has 1 heterocycles. The molecule has 0 radical (unpaired) electrons. The largest absolute Gasteiger partial charge is 0.462 e. The van der Waals surface area contributed by atoms with E-state index in [0.717, 1.165) is 32.1 Å². The Kier molecular flexibility index (Phi) is 7.51. The molecule has 2 aromatic carbocycles. The fraction of sp³-hybridized carbons (Fsp3) is 0.308. The SMILES string of the molecule is CCOC(=O)c1ccc(NC(=O)c2cccc(NC3=C(Cl)C(=O)N(C4CCCCC4)C3=O)c2)cc1. The van der Waals surface area contributed by atoms with Gasteiger partial charge in [-0.15, -0.1) is 0 Å². The van der Waals surface area contributed by atoms with Crippen molar-refractivity contribution in [3.05, 3.63) is 70.4 Å². The highest BCUT2D eigenvalue weighted by atomic mass is 35.5. The summed E-state index contributed by atoms with van der Waals surface area (Å²) in [6.45, 7) is 2.01. The Labute approximate surface area is 208 Å². The molecular formula is C26H26ClN3O5. The lowest BCUT2D eigenvalue weighted by Gasteiger charge is -2.29. The monoisotopic (exact) mass is 495 g/mol. The van der Waals surface area contributed by atoms with E-state index >= 15 is 0 Å². The smallest absolute Gasteiger partial charge is 0.338 e. The summed E-state index contributed by atoms with van der Waals surface area (Å²) in [5.74, 6) is -1.73. The van der Waals surface area contributed by atoms with Gasteiger partial charge in [-0.2, -0.15) is 0 Å². The fourth-order valence-corrected chi connectivity index (χ4v) is 4.51. The van der Waals surface area contributed by atoms with Crippen molar-refractivity contribution < 1.29 is 23.9 Å². The summed E-state index contributed by atoms with van der Waals surface area (Å²) >= 11 is 6.24. The third kappa shape index (κ3) is 5.38. The second-order valence-electron chi connectivity index (χ2n) is 8.42. The van der Waals surface area contributed by atoms with Gasteiger partial charge in [0, 0.05) is 23.0 Å². The van der Waals surface area contributed by atoms with Gasteiger partial charge in [0.25, 0.3) is 17.7 Å². The quantitative estimate of drug-likeness (QED) is 0.427. The summed E-state index contributed by atoms with van der Waals surface area (Å²) in [5, 5.41) is 5.56. The van der Waals surface area contributed by atoms with E-state index in [1.54, 1.807) is 55.5 Å². The molecule has 0 atom stereocenters. The minimum absolute atomic E-state index is 0.0225. The molecule has 0 aromatic heterocycles. The van der Waals surface area contributed by atoms with Gasteiger partial charge in [0.05, 0.1) is 12.2 Å². The number of esters is 1. The van der Waals surface area contributed by atoms with E-state index in [1.165, 1.54) is 4.90 Å². The molecule has 0 bridgehead atoms. The van der Waals surface area contributed by atoms with Crippen molar-refractivity contribution in [2.75, 3.05) is 17.2 Å². The van der Waals surface area contributed by atoms with E-state index in [2.05, 4.69) is 10.6 Å². The Morgan fingerprint density at radius 2 is 1.69 bits per heavy atom. The highest BCUT2D eigenvalue weighted by molar-refractivity contribution is 6.48. The summed E-state index contributed by atoms with van der Waals surface area (Å²) in [5.41, 5.74) is 1.71. The summed E-state index contributed by atoms with van der Waals surface area (Å²) < 4.78 is 4.95. The zero-order valence-electron chi connectivity index (χ0n) is 19.3. The maximum atomic E-state index is 13.0. The molecule has 1 saturated carbocycles. The normalized spacial score (nSPS) is 16.5. The Morgan fingerprint density at radius 3 is 2.37 bits per heavy atom. The number of ether oxygens (including phenoxy) is 1. The number of imide groups is 1. The Balaban J connectivity index is 1.44. The first-order valence-electron chi connectivity index (χ1n) is 11.6. The fourth-order valence-electron chi connectivity index (χ4n) is 4.29. The van der Waals surface area contributed by atoms with Crippen LogP contribution in [0.25, 0.3) is 0 Å². The lowest BCUT2D eigenvalue weighted by molar-refractivity contribution is -0.140. The van der Waals surface area contributed by atoms with Crippen LogP contribution in [0.1, 0.15) is 59.7 Å². The first-order chi connectivity index (χ1) is 16.9. The first-order valence-corrected chi connectivity index (χ1v) is 12.0. The van der Waals surface area contributed by atoms with Crippen LogP contribution in [0.5, 0.6) is 0 Å². The topological polar surface area (TPSA) is 105 Å². The average molecular weight is 496 g/mol. The van der Waals surface area contributed by atoms with Crippen LogP contribution in [-0.2, 0) is 14.3 Å². The predicted molar refractivity (Wildman–Crippen MR) is 132 cm³/mol. The van der Waals surface area contributed by atoms with E-state index < -0.39 is 17.8 Å². The number of anilines is 2. The summed E-state index contributed by atoms with van der Waals surface area (Å²) in [7, 11) is 0. The van der Waals surface area contributed by atoms with Crippen molar-refractivity contribution in [3.63, 3.8) is 0 Å². The summed E-state index contributed by atoms with van der Waals surface area (Å²) in [4.78, 5) is 51.5. The van der Waals surface area contributed by atoms with E-state index in [1.807, 2.05) is 0 Å². The van der Waals surface area contributed by atoms with Gasteiger partial charge in [0.1, 0.15) is 10.7 Å². The molecule has 9 heteroatoms. The van der Waals surface area contributed by atoms with Crippen LogP contribution < -0.4 is 10.6 Å². The highest BCUT2D eigenvalue weighted by Gasteiger charge is 2.42. The van der Waals surface area contributed by atoms with Crippen LogP contribution in [-0.4, -0.2) is 41.2 Å². The third-order valence-electron chi connectivity index (χ3n) is 6.05. The van der Waals surface area contributed by atoms with Crippen molar-refractivity contribution in [1.82, 2.24) is 4.90 Å². The number of amides is 3. The van der Waals surface area contributed by atoms with Crippen LogP contribution in [0.4, 0.5) is 11.4 Å². The van der Waals surface area contributed by atoms with Gasteiger partial charge < -0.3 is 15.4 Å². The van der Waals surface area contributed by atoms with Gasteiger partial charge in [-0.25, -0.2) is 4.79 Å². The van der Waals surface area contributed by atoms with Crippen LogP contribution in [0.2, 0.25) is 0 Å². The zero-order valence-corrected chi connectivity index (χ0v) is 20.1. The molecule has 182 valence electrons. The van der Waals surface area contributed by atoms with Crippen molar-refractivity contribution in [2.45, 2.75) is 45.1 Å². The maximum Gasteiger partial charge on any atom is 0.338 e. The summed E-state index contributed by atoms with van der Waals surface area (Å²) in [6.07, 6.45) is 4.62. The molecule has 35 heavy (non-hydrogen) atoms. The van der Waals surface area contributed by atoms with Crippen LogP contribution in [0.15, 0.2) is 59.3 Å². The minimum atomic E-state index is -0.480. The van der Waals surface area contributed by atoms with Crippen LogP contribution >= 0.6 is 11.6 Å². The third-order valence-corrected chi connectivity index (χ3v) is 6.40. The van der Waals surface area contributed by atoms with E-state index in [-0.39, 0.29) is 29.3 Å². The Bertz CT molecular complexity index is 1190. The molecule has 2 aliphatic rings. The maximum absolute atomic E-state index is 13.0. The van der Waals surface area contributed by atoms with Crippen molar-refractivity contribution in [1.29, 1.82) is 0 Å². The standard InChI is InChI=1S/C26H26ClN3O5/c1-2-35-26(34)16-11-13-18(14-12-16)29-23(31)17-7-6-8-19(15-17)28-22-21(27)24(32)30(25(22)33)20-9-4-3-5-10-20/h6-8,11-15,20,28H,2-5,9-10H2,1H3,(H,29,31). The van der Waals surface area contributed by atoms with Crippen LogP contribution in [0.3, 0.4) is 0 Å². The van der Waals surface area contributed by atoms with E-state index in [9.17, 15) is 19.2 Å². The van der Waals surface area contributed by atoms with E-state index in [4.69, 9.17) is 16.3 Å². The number of nitrogens with zero attached hydrogens (tertiary/aromatic N) is 1. The van der Waals surface area contributed by atoms with Gasteiger partial charge in [0.15, 0.2) is 0 Å². The lowest BCUT2D eigenvalue weighted by Crippen LogP contribution is -2.42. The molecule has 1 aliphatic carbocycles. The minimum Gasteiger partial charge on any atom is -0.462 e. The molecule has 1 aliphatic heterocycles. The molecule has 3 amide bonds. The summed E-state index contributed by atoms with van der Waals surface area (Å²) in [6, 6.07) is 12.8. The van der Waals surface area contributed by atoms with Crippen molar-refractivity contribution in [3.8, 4) is 0 Å². The highest BCUT2D eigenvalue weighted by Crippen LogP contribution is 2.32. The molecule has 0 saturated heterocycles. The van der Waals surface area contributed by atoms with E-state index in [0.29, 0.717) is 22.5 Å². The Morgan fingerprint density at radius 1 is 0.971 bits per heavy atom. The molecule has 4 rings (SSSR count). The zero-order chi connectivity index (χ0) is 24.9. The number of nitrogens with one attached hydrogen (secondary N) is 2. The number of benzene rings is 2. The number of rotatable bonds is 7. The van der Waals surface area contributed by atoms with Gasteiger partial charge >= 0.3 is 5.97 Å². The number of hydrogen-bond acceptors (Lipinski definition) is 6. The van der Waals surface area contributed by atoms with Crippen molar-refractivity contribution >= 4 is 46.7 Å². The van der Waals surface area contributed by atoms with Crippen molar-refractivity contribution in [2.24, 2.45) is 0 Å². The molecule has 0 spiro atoms. The van der Waals surface area contributed by atoms with Gasteiger partial charge in [-0.05, 0) is 62.2 Å². The number of carbonyl (C=O) groups is 4. The molecule has 1 fully saturated rings. The van der Waals surface area contributed by atoms with Crippen LogP contribution in [0, 0.1) is 0 Å². The van der Waals surface area contributed by atoms with Gasteiger partial charge in [-0.3, -0.25) is 19.3 Å². The molecule has 8 nitrogen and oxygen atoms in total. The average Bonchev–Trinajstić information content (AvgIpc) is 3.08. The van der Waals surface area contributed by atoms with Gasteiger partial charge in [-0.1, -0.05) is 36.9 Å². The number of hydrogen-bond donors (Lipinski definition) is 2. The second kappa shape index (κ2) is 10.7. The molecule has 0 unspecified atom stereocenters.